The lowest BCUT2D eigenvalue weighted by Crippen LogP contribution is -2.37. The van der Waals surface area contributed by atoms with Crippen LogP contribution in [-0.4, -0.2) is 32.4 Å². The number of aliphatic carboxylic acids is 1. The highest BCUT2D eigenvalue weighted by Crippen LogP contribution is 2.22. The van der Waals surface area contributed by atoms with Crippen molar-refractivity contribution in [2.45, 2.75) is 13.0 Å². The molecule has 0 bridgehead atoms. The van der Waals surface area contributed by atoms with Gasteiger partial charge in [0.15, 0.2) is 10.1 Å². The molecule has 1 amide bonds. The highest BCUT2D eigenvalue weighted by Gasteiger charge is 2.13. The Morgan fingerprint density at radius 3 is 3.05 bits per heavy atom. The van der Waals surface area contributed by atoms with Gasteiger partial charge < -0.3 is 10.4 Å². The van der Waals surface area contributed by atoms with Gasteiger partial charge in [0, 0.05) is 17.7 Å². The molecule has 0 saturated heterocycles. The van der Waals surface area contributed by atoms with E-state index in [4.69, 9.17) is 16.7 Å². The van der Waals surface area contributed by atoms with Gasteiger partial charge in [0.05, 0.1) is 5.69 Å². The van der Waals surface area contributed by atoms with Gasteiger partial charge in [-0.2, -0.15) is 0 Å². The third-order valence-corrected chi connectivity index (χ3v) is 3.41. The lowest BCUT2D eigenvalue weighted by Gasteiger charge is -2.05. The van der Waals surface area contributed by atoms with Crippen LogP contribution in [0.25, 0.3) is 11.0 Å². The van der Waals surface area contributed by atoms with Crippen molar-refractivity contribution in [2.24, 2.45) is 0 Å². The van der Waals surface area contributed by atoms with Crippen molar-refractivity contribution in [3.8, 4) is 0 Å². The van der Waals surface area contributed by atoms with Crippen LogP contribution >= 0.6 is 22.9 Å². The van der Waals surface area contributed by atoms with E-state index in [0.717, 1.165) is 4.96 Å². The quantitative estimate of drug-likeness (QED) is 0.841. The summed E-state index contributed by atoms with van der Waals surface area (Å²) in [5, 5.41) is 13.1. The maximum atomic E-state index is 11.5. The number of rotatable bonds is 4. The van der Waals surface area contributed by atoms with Crippen LogP contribution in [-0.2, 0) is 9.59 Å². The largest absolute Gasteiger partial charge is 0.480 e. The summed E-state index contributed by atoms with van der Waals surface area (Å²) < 4.78 is 1.75. The summed E-state index contributed by atoms with van der Waals surface area (Å²) in [6, 6.07) is -0.945. The minimum Gasteiger partial charge on any atom is -0.480 e. The molecule has 2 heterocycles. The van der Waals surface area contributed by atoms with Crippen molar-refractivity contribution >= 4 is 45.9 Å². The monoisotopic (exact) mass is 299 g/mol. The van der Waals surface area contributed by atoms with Gasteiger partial charge in [0.25, 0.3) is 0 Å². The molecule has 19 heavy (non-hydrogen) atoms. The first kappa shape index (κ1) is 13.6. The second-order valence-electron chi connectivity index (χ2n) is 3.75. The normalized spacial score (nSPS) is 12.9. The number of carbonyl (C=O) groups excluding carboxylic acids is 1. The second-order valence-corrected chi connectivity index (χ2v) is 4.98. The van der Waals surface area contributed by atoms with E-state index in [9.17, 15) is 9.59 Å². The smallest absolute Gasteiger partial charge is 0.325 e. The Balaban J connectivity index is 2.14. The van der Waals surface area contributed by atoms with Crippen LogP contribution in [0.3, 0.4) is 0 Å². The number of imidazole rings is 1. The molecule has 0 saturated carbocycles. The summed E-state index contributed by atoms with van der Waals surface area (Å²) in [6.45, 7) is 1.39. The summed E-state index contributed by atoms with van der Waals surface area (Å²) in [7, 11) is 0. The maximum Gasteiger partial charge on any atom is 0.325 e. The first-order valence-electron chi connectivity index (χ1n) is 5.31. The van der Waals surface area contributed by atoms with Crippen LogP contribution in [0, 0.1) is 0 Å². The summed E-state index contributed by atoms with van der Waals surface area (Å²) in [4.78, 5) is 26.9. The number of fused-ring (bicyclic) bond motifs is 1. The zero-order chi connectivity index (χ0) is 14.0. The van der Waals surface area contributed by atoms with Crippen molar-refractivity contribution in [3.05, 3.63) is 28.5 Å². The average molecular weight is 300 g/mol. The minimum atomic E-state index is -1.09. The number of thiazole rings is 1. The van der Waals surface area contributed by atoms with E-state index >= 15 is 0 Å². The molecule has 100 valence electrons. The number of halogens is 1. The number of hydrogen-bond acceptors (Lipinski definition) is 4. The predicted octanol–water partition coefficient (Wildman–Crippen LogP) is 1.65. The molecule has 2 aromatic rings. The van der Waals surface area contributed by atoms with E-state index in [0.29, 0.717) is 10.8 Å². The third-order valence-electron chi connectivity index (χ3n) is 2.38. The van der Waals surface area contributed by atoms with Crippen LogP contribution in [0.5, 0.6) is 0 Å². The fourth-order valence-electron chi connectivity index (χ4n) is 1.40. The standard InChI is InChI=1S/C11H10ClN3O3S/c1-6(10(17)18)13-8(16)3-2-7-9(12)14-11-15(7)4-5-19-11/h2-6H,1H3,(H,13,16)(H,17,18)/t6-/m1/s1. The molecular weight excluding hydrogens is 290 g/mol. The topological polar surface area (TPSA) is 83.7 Å². The van der Waals surface area contributed by atoms with Crippen molar-refractivity contribution < 1.29 is 14.7 Å². The molecule has 0 spiro atoms. The molecule has 0 aliphatic rings. The predicted molar refractivity (Wildman–Crippen MR) is 72.4 cm³/mol. The molecule has 0 aliphatic heterocycles. The number of amides is 1. The van der Waals surface area contributed by atoms with E-state index in [1.54, 1.807) is 10.6 Å². The highest BCUT2D eigenvalue weighted by molar-refractivity contribution is 7.15. The summed E-state index contributed by atoms with van der Waals surface area (Å²) in [5.74, 6) is -1.60. The summed E-state index contributed by atoms with van der Waals surface area (Å²) in [5.41, 5.74) is 0.580. The number of carbonyl (C=O) groups is 2. The molecule has 6 nitrogen and oxygen atoms in total. The lowest BCUT2D eigenvalue weighted by atomic mass is 10.3. The van der Waals surface area contributed by atoms with Crippen LogP contribution < -0.4 is 5.32 Å². The van der Waals surface area contributed by atoms with Gasteiger partial charge in [-0.15, -0.1) is 11.3 Å². The van der Waals surface area contributed by atoms with Gasteiger partial charge in [0.2, 0.25) is 5.91 Å². The minimum absolute atomic E-state index is 0.294. The highest BCUT2D eigenvalue weighted by atomic mass is 35.5. The molecule has 0 aromatic carbocycles. The van der Waals surface area contributed by atoms with Gasteiger partial charge >= 0.3 is 5.97 Å². The zero-order valence-electron chi connectivity index (χ0n) is 9.83. The summed E-state index contributed by atoms with van der Waals surface area (Å²) in [6.07, 6.45) is 4.52. The number of aromatic nitrogens is 2. The SMILES string of the molecule is C[C@@H](NC(=O)C=Cc1c(Cl)nc2sccn12)C(=O)O. The van der Waals surface area contributed by atoms with Gasteiger partial charge in [0.1, 0.15) is 6.04 Å². The van der Waals surface area contributed by atoms with Crippen molar-refractivity contribution in [3.63, 3.8) is 0 Å². The van der Waals surface area contributed by atoms with E-state index in [1.165, 1.54) is 30.4 Å². The zero-order valence-corrected chi connectivity index (χ0v) is 11.4. The lowest BCUT2D eigenvalue weighted by molar-refractivity contribution is -0.140. The molecule has 8 heteroatoms. The molecule has 2 rings (SSSR count). The van der Waals surface area contributed by atoms with Crippen LogP contribution in [0.2, 0.25) is 5.15 Å². The average Bonchev–Trinajstić information content (AvgIpc) is 2.87. The molecule has 2 aromatic heterocycles. The Morgan fingerprint density at radius 2 is 2.37 bits per heavy atom. The van der Waals surface area contributed by atoms with E-state index < -0.39 is 17.9 Å². The van der Waals surface area contributed by atoms with Crippen molar-refractivity contribution in [1.29, 1.82) is 0 Å². The van der Waals surface area contributed by atoms with Gasteiger partial charge in [-0.25, -0.2) is 4.98 Å². The number of carboxylic acid groups (broad SMARTS) is 1. The van der Waals surface area contributed by atoms with Crippen molar-refractivity contribution in [1.82, 2.24) is 14.7 Å². The first-order chi connectivity index (χ1) is 8.99. The Bertz CT molecular complexity index is 661. The van der Waals surface area contributed by atoms with E-state index in [1.807, 2.05) is 5.38 Å². The molecule has 0 fully saturated rings. The van der Waals surface area contributed by atoms with Crippen LogP contribution in [0.4, 0.5) is 0 Å². The van der Waals surface area contributed by atoms with Gasteiger partial charge in [-0.3, -0.25) is 14.0 Å². The molecule has 2 N–H and O–H groups in total. The van der Waals surface area contributed by atoms with E-state index in [-0.39, 0.29) is 0 Å². The Kier molecular flexibility index (Phi) is 3.87. The number of nitrogens with one attached hydrogen (secondary N) is 1. The Labute approximate surface area is 117 Å². The first-order valence-corrected chi connectivity index (χ1v) is 6.57. The Morgan fingerprint density at radius 1 is 1.63 bits per heavy atom. The number of nitrogens with zero attached hydrogens (tertiary/aromatic N) is 2. The maximum absolute atomic E-state index is 11.5. The molecular formula is C11H10ClN3O3S. The third kappa shape index (κ3) is 2.94. The van der Waals surface area contributed by atoms with E-state index in [2.05, 4.69) is 10.3 Å². The molecule has 1 atom stereocenters. The van der Waals surface area contributed by atoms with Crippen LogP contribution in [0.15, 0.2) is 17.7 Å². The van der Waals surface area contributed by atoms with Crippen molar-refractivity contribution in [2.75, 3.05) is 0 Å². The molecule has 0 aliphatic carbocycles. The van der Waals surface area contributed by atoms with Gasteiger partial charge in [-0.05, 0) is 13.0 Å². The Hall–Kier alpha value is -1.86. The summed E-state index contributed by atoms with van der Waals surface area (Å²) >= 11 is 7.37. The molecule has 0 radical (unpaired) electrons. The number of hydrogen-bond donors (Lipinski definition) is 2. The fourth-order valence-corrected chi connectivity index (χ4v) is 2.41. The second kappa shape index (κ2) is 5.41. The molecule has 0 unspecified atom stereocenters. The van der Waals surface area contributed by atoms with Crippen LogP contribution in [0.1, 0.15) is 12.6 Å². The number of carboxylic acids is 1. The fraction of sp³-hybridized carbons (Fsp3) is 0.182. The van der Waals surface area contributed by atoms with Gasteiger partial charge in [-0.1, -0.05) is 11.6 Å².